The molecule has 0 heterocycles. The van der Waals surface area contributed by atoms with Gasteiger partial charge in [0.05, 0.1) is 25.3 Å². The topological polar surface area (TPSA) is 98.7 Å². The van der Waals surface area contributed by atoms with E-state index in [1.165, 1.54) is 0 Å². The first-order valence-electron chi connectivity index (χ1n) is 9.72. The summed E-state index contributed by atoms with van der Waals surface area (Å²) in [7, 11) is 0. The summed E-state index contributed by atoms with van der Waals surface area (Å²) < 4.78 is 0. The van der Waals surface area contributed by atoms with E-state index in [1.54, 1.807) is 0 Å². The second-order valence-electron chi connectivity index (χ2n) is 9.79. The van der Waals surface area contributed by atoms with Crippen LogP contribution < -0.4 is 10.6 Å². The summed E-state index contributed by atoms with van der Waals surface area (Å²) in [5, 5.41) is 25.2. The Kier molecular flexibility index (Phi) is 7.66. The number of hydrogen-bond acceptors (Lipinski definition) is 4. The van der Waals surface area contributed by atoms with Crippen molar-refractivity contribution in [1.82, 2.24) is 10.6 Å². The lowest BCUT2D eigenvalue weighted by Crippen LogP contribution is -2.59. The quantitative estimate of drug-likeness (QED) is 0.537. The molecular formula is C20H38N2O4. The second kappa shape index (κ2) is 8.70. The predicted molar refractivity (Wildman–Crippen MR) is 102 cm³/mol. The van der Waals surface area contributed by atoms with E-state index >= 15 is 0 Å². The van der Waals surface area contributed by atoms with Gasteiger partial charge in [-0.1, -0.05) is 60.8 Å². The van der Waals surface area contributed by atoms with Gasteiger partial charge in [-0.3, -0.25) is 9.59 Å². The third kappa shape index (κ3) is 5.43. The van der Waals surface area contributed by atoms with Crippen molar-refractivity contribution in [3.63, 3.8) is 0 Å². The molecule has 1 fully saturated rings. The lowest BCUT2D eigenvalue weighted by Gasteiger charge is -2.40. The zero-order chi connectivity index (χ0) is 20.2. The Bertz CT molecular complexity index is 447. The number of nitrogens with one attached hydrogen (secondary N) is 2. The minimum absolute atomic E-state index is 0.172. The van der Waals surface area contributed by atoms with E-state index < -0.39 is 17.5 Å². The van der Waals surface area contributed by atoms with E-state index in [1.807, 2.05) is 41.5 Å². The maximum atomic E-state index is 13.2. The van der Waals surface area contributed by atoms with E-state index in [4.69, 9.17) is 0 Å². The summed E-state index contributed by atoms with van der Waals surface area (Å²) in [5.41, 5.74) is -1.75. The van der Waals surface area contributed by atoms with E-state index in [-0.39, 0.29) is 35.9 Å². The average molecular weight is 371 g/mol. The standard InChI is InChI=1S/C20H38N2O4/c1-18(2,3)14(12-23)21-16(25)20(10-8-7-9-11-20)17(26)22-15(13-24)19(4,5)6/h14-15,23-24H,7-13H2,1-6H3,(H,21,25)(H,22,26)/t14-,15-/m1/s1. The number of amides is 2. The molecule has 26 heavy (non-hydrogen) atoms. The van der Waals surface area contributed by atoms with Gasteiger partial charge in [-0.15, -0.1) is 0 Å². The van der Waals surface area contributed by atoms with Gasteiger partial charge in [0.15, 0.2) is 0 Å². The van der Waals surface area contributed by atoms with Gasteiger partial charge in [-0.2, -0.15) is 0 Å². The van der Waals surface area contributed by atoms with Gasteiger partial charge in [0.2, 0.25) is 11.8 Å². The van der Waals surface area contributed by atoms with Crippen LogP contribution in [0.25, 0.3) is 0 Å². The monoisotopic (exact) mass is 370 g/mol. The first kappa shape index (κ1) is 22.9. The van der Waals surface area contributed by atoms with Crippen molar-refractivity contribution in [3.8, 4) is 0 Å². The Labute approximate surface area is 158 Å². The molecule has 0 radical (unpaired) electrons. The third-order valence-corrected chi connectivity index (χ3v) is 5.64. The fourth-order valence-corrected chi connectivity index (χ4v) is 3.38. The molecule has 1 rings (SSSR count). The Morgan fingerprint density at radius 3 is 1.42 bits per heavy atom. The normalized spacial score (nSPS) is 20.2. The summed E-state index contributed by atoms with van der Waals surface area (Å²) in [6.45, 7) is 11.3. The van der Waals surface area contributed by atoms with Crippen LogP contribution in [0.5, 0.6) is 0 Å². The maximum Gasteiger partial charge on any atom is 0.236 e. The molecule has 1 aliphatic carbocycles. The Morgan fingerprint density at radius 1 is 0.808 bits per heavy atom. The summed E-state index contributed by atoms with van der Waals surface area (Å²) >= 11 is 0. The van der Waals surface area contributed by atoms with Gasteiger partial charge >= 0.3 is 0 Å². The van der Waals surface area contributed by atoms with Crippen molar-refractivity contribution in [2.45, 2.75) is 85.7 Å². The van der Waals surface area contributed by atoms with Crippen LogP contribution >= 0.6 is 0 Å². The summed E-state index contributed by atoms with van der Waals surface area (Å²) in [6.07, 6.45) is 3.64. The molecular weight excluding hydrogens is 332 g/mol. The van der Waals surface area contributed by atoms with Gasteiger partial charge in [-0.05, 0) is 23.7 Å². The largest absolute Gasteiger partial charge is 0.394 e. The average Bonchev–Trinajstić information content (AvgIpc) is 2.55. The van der Waals surface area contributed by atoms with Gasteiger partial charge in [0.25, 0.3) is 0 Å². The molecule has 6 nitrogen and oxygen atoms in total. The van der Waals surface area contributed by atoms with Crippen LogP contribution in [0.15, 0.2) is 0 Å². The molecule has 1 aliphatic rings. The molecule has 0 aromatic carbocycles. The van der Waals surface area contributed by atoms with Crippen molar-refractivity contribution in [1.29, 1.82) is 0 Å². The Balaban J connectivity index is 3.06. The van der Waals surface area contributed by atoms with Gasteiger partial charge < -0.3 is 20.8 Å². The van der Waals surface area contributed by atoms with E-state index in [9.17, 15) is 19.8 Å². The zero-order valence-electron chi connectivity index (χ0n) is 17.3. The Morgan fingerprint density at radius 2 is 1.15 bits per heavy atom. The van der Waals surface area contributed by atoms with Gasteiger partial charge in [-0.25, -0.2) is 0 Å². The van der Waals surface area contributed by atoms with Crippen molar-refractivity contribution >= 4 is 11.8 Å². The predicted octanol–water partition coefficient (Wildman–Crippen LogP) is 1.98. The summed E-state index contributed by atoms with van der Waals surface area (Å²) in [6, 6.07) is -0.837. The summed E-state index contributed by atoms with van der Waals surface area (Å²) in [5.74, 6) is -0.622. The number of aliphatic hydroxyl groups is 2. The molecule has 2 amide bonds. The first-order chi connectivity index (χ1) is 11.9. The van der Waals surface area contributed by atoms with E-state index in [0.717, 1.165) is 19.3 Å². The molecule has 0 bridgehead atoms. The maximum absolute atomic E-state index is 13.2. The molecule has 1 saturated carbocycles. The highest BCUT2D eigenvalue weighted by Crippen LogP contribution is 2.38. The number of carbonyl (C=O) groups excluding carboxylic acids is 2. The lowest BCUT2D eigenvalue weighted by atomic mass is 9.71. The molecule has 0 aromatic heterocycles. The zero-order valence-corrected chi connectivity index (χ0v) is 17.3. The molecule has 0 saturated heterocycles. The van der Waals surface area contributed by atoms with E-state index in [2.05, 4.69) is 10.6 Å². The highest BCUT2D eigenvalue weighted by atomic mass is 16.3. The number of rotatable bonds is 6. The molecule has 0 aromatic rings. The first-order valence-corrected chi connectivity index (χ1v) is 9.72. The third-order valence-electron chi connectivity index (χ3n) is 5.64. The van der Waals surface area contributed by atoms with Gasteiger partial charge in [0, 0.05) is 0 Å². The molecule has 4 N–H and O–H groups in total. The lowest BCUT2D eigenvalue weighted by molar-refractivity contribution is -0.148. The minimum Gasteiger partial charge on any atom is -0.394 e. The van der Waals surface area contributed by atoms with Crippen LogP contribution in [-0.2, 0) is 9.59 Å². The molecule has 0 aliphatic heterocycles. The highest BCUT2D eigenvalue weighted by Gasteiger charge is 2.48. The second-order valence-corrected chi connectivity index (χ2v) is 9.79. The summed E-state index contributed by atoms with van der Waals surface area (Å²) in [4.78, 5) is 26.3. The van der Waals surface area contributed by atoms with Crippen LogP contribution in [0.4, 0.5) is 0 Å². The minimum atomic E-state index is -1.13. The SMILES string of the molecule is CC(C)(C)[C@@H](CO)NC(=O)C1(C(=O)N[C@H](CO)C(C)(C)C)CCCCC1. The van der Waals surface area contributed by atoms with Crippen LogP contribution in [0.1, 0.15) is 73.6 Å². The Hall–Kier alpha value is -1.14. The number of carbonyl (C=O) groups is 2. The van der Waals surface area contributed by atoms with Crippen molar-refractivity contribution in [2.75, 3.05) is 13.2 Å². The molecule has 2 atom stereocenters. The number of hydrogen-bond donors (Lipinski definition) is 4. The van der Waals surface area contributed by atoms with Crippen LogP contribution in [-0.4, -0.2) is 47.3 Å². The van der Waals surface area contributed by atoms with Crippen LogP contribution in [0.2, 0.25) is 0 Å². The fraction of sp³-hybridized carbons (Fsp3) is 0.900. The molecule has 6 heteroatoms. The highest BCUT2D eigenvalue weighted by molar-refractivity contribution is 6.05. The smallest absolute Gasteiger partial charge is 0.236 e. The molecule has 152 valence electrons. The van der Waals surface area contributed by atoms with Crippen LogP contribution in [0.3, 0.4) is 0 Å². The fourth-order valence-electron chi connectivity index (χ4n) is 3.38. The van der Waals surface area contributed by atoms with Crippen molar-refractivity contribution in [2.24, 2.45) is 16.2 Å². The van der Waals surface area contributed by atoms with Gasteiger partial charge in [0.1, 0.15) is 5.41 Å². The molecule has 0 unspecified atom stereocenters. The molecule has 0 spiro atoms. The number of aliphatic hydroxyl groups excluding tert-OH is 2. The van der Waals surface area contributed by atoms with Crippen molar-refractivity contribution < 1.29 is 19.8 Å². The van der Waals surface area contributed by atoms with E-state index in [0.29, 0.717) is 12.8 Å². The van der Waals surface area contributed by atoms with Crippen LogP contribution in [0, 0.1) is 16.2 Å². The van der Waals surface area contributed by atoms with Crippen molar-refractivity contribution in [3.05, 3.63) is 0 Å².